The predicted octanol–water partition coefficient (Wildman–Crippen LogP) is 2.57. The number of para-hydroxylation sites is 1. The molecule has 3 heterocycles. The third kappa shape index (κ3) is 3.14. The molecule has 24 heavy (non-hydrogen) atoms. The second kappa shape index (κ2) is 6.65. The minimum Gasteiger partial charge on any atom is -0.489 e. The first kappa shape index (κ1) is 15.2. The molecule has 2 aromatic rings. The summed E-state index contributed by atoms with van der Waals surface area (Å²) in [5, 5.41) is 7.35. The molecule has 126 valence electrons. The summed E-state index contributed by atoms with van der Waals surface area (Å²) in [7, 11) is 0. The quantitative estimate of drug-likeness (QED) is 0.937. The van der Waals surface area contributed by atoms with Gasteiger partial charge in [-0.25, -0.2) is 4.68 Å². The van der Waals surface area contributed by atoms with Crippen molar-refractivity contribution in [1.82, 2.24) is 9.78 Å². The lowest BCUT2D eigenvalue weighted by Gasteiger charge is -2.24. The lowest BCUT2D eigenvalue weighted by Crippen LogP contribution is -2.26. The number of hydrogen-bond donors (Lipinski definition) is 1. The maximum absolute atomic E-state index is 12.4. The molecule has 0 bridgehead atoms. The van der Waals surface area contributed by atoms with E-state index in [0.29, 0.717) is 6.42 Å². The highest BCUT2D eigenvalue weighted by molar-refractivity contribution is 5.90. The van der Waals surface area contributed by atoms with E-state index in [4.69, 9.17) is 9.47 Å². The van der Waals surface area contributed by atoms with Crippen LogP contribution in [0.15, 0.2) is 36.5 Å². The van der Waals surface area contributed by atoms with Crippen molar-refractivity contribution in [3.8, 4) is 5.75 Å². The number of carbonyl (C=O) groups excluding carboxylic acids is 1. The average molecular weight is 327 g/mol. The number of benzene rings is 1. The van der Waals surface area contributed by atoms with Gasteiger partial charge in [-0.15, -0.1) is 0 Å². The molecule has 1 aromatic heterocycles. The van der Waals surface area contributed by atoms with E-state index in [1.807, 2.05) is 35.0 Å². The average Bonchev–Trinajstić information content (AvgIpc) is 3.21. The summed E-state index contributed by atoms with van der Waals surface area (Å²) in [5.74, 6) is 1.60. The van der Waals surface area contributed by atoms with Gasteiger partial charge < -0.3 is 14.8 Å². The van der Waals surface area contributed by atoms with Crippen molar-refractivity contribution < 1.29 is 14.3 Å². The summed E-state index contributed by atoms with van der Waals surface area (Å²) >= 11 is 0. The largest absolute Gasteiger partial charge is 0.489 e. The molecule has 1 N–H and O–H groups in total. The number of rotatable bonds is 4. The standard InChI is InChI=1S/C18H21N3O3/c22-18(12-15-11-13-3-1-2-4-16(13)24-15)20-17-5-8-19-21(17)14-6-9-23-10-7-14/h1-5,8,14-15H,6-7,9-12H2,(H,20,22). The zero-order valence-corrected chi connectivity index (χ0v) is 13.5. The van der Waals surface area contributed by atoms with Crippen LogP contribution in [0.25, 0.3) is 0 Å². The molecule has 4 rings (SSSR count). The molecule has 0 aliphatic carbocycles. The number of ether oxygens (including phenoxy) is 2. The molecule has 1 aromatic carbocycles. The summed E-state index contributed by atoms with van der Waals surface area (Å²) < 4.78 is 13.1. The van der Waals surface area contributed by atoms with Crippen LogP contribution in [0.3, 0.4) is 0 Å². The molecule has 2 aliphatic heterocycles. The van der Waals surface area contributed by atoms with Crippen LogP contribution in [0.2, 0.25) is 0 Å². The van der Waals surface area contributed by atoms with Gasteiger partial charge >= 0.3 is 0 Å². The van der Waals surface area contributed by atoms with Gasteiger partial charge in [0.05, 0.1) is 18.7 Å². The smallest absolute Gasteiger partial charge is 0.229 e. The third-order valence-corrected chi connectivity index (χ3v) is 4.60. The highest BCUT2D eigenvalue weighted by atomic mass is 16.5. The molecule has 0 saturated carbocycles. The molecule has 1 fully saturated rings. The Hall–Kier alpha value is -2.34. The molecule has 1 unspecified atom stereocenters. The van der Waals surface area contributed by atoms with E-state index >= 15 is 0 Å². The van der Waals surface area contributed by atoms with Crippen LogP contribution < -0.4 is 10.1 Å². The normalized spacial score (nSPS) is 20.4. The van der Waals surface area contributed by atoms with Gasteiger partial charge in [-0.3, -0.25) is 4.79 Å². The molecular formula is C18H21N3O3. The van der Waals surface area contributed by atoms with Gasteiger partial charge in [-0.2, -0.15) is 5.10 Å². The summed E-state index contributed by atoms with van der Waals surface area (Å²) in [6.45, 7) is 1.48. The highest BCUT2D eigenvalue weighted by Gasteiger charge is 2.25. The van der Waals surface area contributed by atoms with Crippen LogP contribution >= 0.6 is 0 Å². The SMILES string of the molecule is O=C(CC1Cc2ccccc2O1)Nc1ccnn1C1CCOCC1. The van der Waals surface area contributed by atoms with Crippen LogP contribution in [-0.4, -0.2) is 35.0 Å². The number of carbonyl (C=O) groups is 1. The number of nitrogens with one attached hydrogen (secondary N) is 1. The fourth-order valence-corrected chi connectivity index (χ4v) is 3.40. The van der Waals surface area contributed by atoms with E-state index < -0.39 is 0 Å². The summed E-state index contributed by atoms with van der Waals surface area (Å²) in [5.41, 5.74) is 1.17. The number of amides is 1. The maximum atomic E-state index is 12.4. The van der Waals surface area contributed by atoms with Gasteiger partial charge in [0.1, 0.15) is 17.7 Å². The lowest BCUT2D eigenvalue weighted by atomic mass is 10.1. The fraction of sp³-hybridized carbons (Fsp3) is 0.444. The summed E-state index contributed by atoms with van der Waals surface area (Å²) in [4.78, 5) is 12.4. The number of nitrogens with zero attached hydrogens (tertiary/aromatic N) is 2. The molecule has 1 saturated heterocycles. The number of hydrogen-bond acceptors (Lipinski definition) is 4. The van der Waals surface area contributed by atoms with Crippen LogP contribution in [0, 0.1) is 0 Å². The summed E-state index contributed by atoms with van der Waals surface area (Å²) in [6, 6.07) is 10.1. The highest BCUT2D eigenvalue weighted by Crippen LogP contribution is 2.30. The van der Waals surface area contributed by atoms with Gasteiger partial charge in [0.25, 0.3) is 0 Å². The van der Waals surface area contributed by atoms with Crippen molar-refractivity contribution in [2.75, 3.05) is 18.5 Å². The molecule has 6 nitrogen and oxygen atoms in total. The second-order valence-corrected chi connectivity index (χ2v) is 6.31. The van der Waals surface area contributed by atoms with E-state index in [1.165, 1.54) is 5.56 Å². The molecule has 0 spiro atoms. The van der Waals surface area contributed by atoms with Gasteiger partial charge in [-0.05, 0) is 24.5 Å². The van der Waals surface area contributed by atoms with Crippen molar-refractivity contribution in [3.05, 3.63) is 42.1 Å². The Labute approximate surface area is 140 Å². The minimum absolute atomic E-state index is 0.0402. The van der Waals surface area contributed by atoms with Crippen molar-refractivity contribution in [2.24, 2.45) is 0 Å². The lowest BCUT2D eigenvalue weighted by molar-refractivity contribution is -0.117. The Bertz CT molecular complexity index is 697. The third-order valence-electron chi connectivity index (χ3n) is 4.60. The zero-order valence-electron chi connectivity index (χ0n) is 13.5. The van der Waals surface area contributed by atoms with E-state index in [0.717, 1.165) is 44.0 Å². The monoisotopic (exact) mass is 327 g/mol. The topological polar surface area (TPSA) is 65.4 Å². The van der Waals surface area contributed by atoms with Gasteiger partial charge in [0.2, 0.25) is 5.91 Å². The predicted molar refractivity (Wildman–Crippen MR) is 89.1 cm³/mol. The van der Waals surface area contributed by atoms with Crippen molar-refractivity contribution >= 4 is 11.7 Å². The Morgan fingerprint density at radius 2 is 2.08 bits per heavy atom. The maximum Gasteiger partial charge on any atom is 0.229 e. The first-order valence-electron chi connectivity index (χ1n) is 8.45. The molecular weight excluding hydrogens is 306 g/mol. The number of anilines is 1. The fourth-order valence-electron chi connectivity index (χ4n) is 3.40. The molecule has 6 heteroatoms. The van der Waals surface area contributed by atoms with Gasteiger partial charge in [0.15, 0.2) is 0 Å². The number of fused-ring (bicyclic) bond motifs is 1. The first-order valence-corrected chi connectivity index (χ1v) is 8.45. The van der Waals surface area contributed by atoms with Gasteiger partial charge in [-0.1, -0.05) is 18.2 Å². The molecule has 1 atom stereocenters. The van der Waals surface area contributed by atoms with Crippen LogP contribution in [-0.2, 0) is 16.0 Å². The number of aromatic nitrogens is 2. The van der Waals surface area contributed by atoms with Gasteiger partial charge in [0, 0.05) is 25.7 Å². The van der Waals surface area contributed by atoms with Crippen LogP contribution in [0.5, 0.6) is 5.75 Å². The Morgan fingerprint density at radius 3 is 2.92 bits per heavy atom. The van der Waals surface area contributed by atoms with Crippen molar-refractivity contribution in [3.63, 3.8) is 0 Å². The van der Waals surface area contributed by atoms with E-state index in [-0.39, 0.29) is 18.1 Å². The first-order chi connectivity index (χ1) is 11.8. The van der Waals surface area contributed by atoms with Crippen molar-refractivity contribution in [2.45, 2.75) is 37.8 Å². The Morgan fingerprint density at radius 1 is 1.25 bits per heavy atom. The zero-order chi connectivity index (χ0) is 16.4. The molecule has 1 amide bonds. The molecule has 2 aliphatic rings. The molecule has 0 radical (unpaired) electrons. The summed E-state index contributed by atoms with van der Waals surface area (Å²) in [6.07, 6.45) is 4.60. The Kier molecular flexibility index (Phi) is 4.21. The van der Waals surface area contributed by atoms with Crippen LogP contribution in [0.4, 0.5) is 5.82 Å². The van der Waals surface area contributed by atoms with E-state index in [2.05, 4.69) is 10.4 Å². The minimum atomic E-state index is -0.0955. The Balaban J connectivity index is 1.36. The van der Waals surface area contributed by atoms with Crippen molar-refractivity contribution in [1.29, 1.82) is 0 Å². The van der Waals surface area contributed by atoms with Crippen LogP contribution in [0.1, 0.15) is 30.9 Å². The second-order valence-electron chi connectivity index (χ2n) is 6.31. The van der Waals surface area contributed by atoms with E-state index in [9.17, 15) is 4.79 Å². The van der Waals surface area contributed by atoms with E-state index in [1.54, 1.807) is 6.20 Å².